The first-order chi connectivity index (χ1) is 14.9. The van der Waals surface area contributed by atoms with E-state index < -0.39 is 17.6 Å². The van der Waals surface area contributed by atoms with Crippen LogP contribution in [0.1, 0.15) is 49.0 Å². The molecule has 0 aliphatic heterocycles. The lowest BCUT2D eigenvalue weighted by atomic mass is 9.95. The molecule has 7 heteroatoms. The average Bonchev–Trinajstić information content (AvgIpc) is 3.23. The molecule has 7 nitrogen and oxygen atoms in total. The molecule has 164 valence electrons. The number of hydroxylamine groups is 1. The Kier molecular flexibility index (Phi) is 7.22. The molecule has 0 saturated heterocycles. The molecular weight excluding hydrogens is 396 g/mol. The van der Waals surface area contributed by atoms with Crippen molar-refractivity contribution in [3.63, 3.8) is 0 Å². The average molecular weight is 424 g/mol. The van der Waals surface area contributed by atoms with Crippen LogP contribution in [0.15, 0.2) is 59.1 Å². The number of aryl methyl sites for hydroxylation is 2. The van der Waals surface area contributed by atoms with Gasteiger partial charge in [0.05, 0.1) is 6.61 Å². The smallest absolute Gasteiger partial charge is 0.278 e. The van der Waals surface area contributed by atoms with Gasteiger partial charge in [0.1, 0.15) is 17.6 Å². The van der Waals surface area contributed by atoms with Gasteiger partial charge in [-0.2, -0.15) is 0 Å². The quantitative estimate of drug-likeness (QED) is 0.353. The van der Waals surface area contributed by atoms with E-state index in [9.17, 15) is 9.90 Å². The van der Waals surface area contributed by atoms with Crippen LogP contribution in [0.25, 0.3) is 11.1 Å². The van der Waals surface area contributed by atoms with Crippen molar-refractivity contribution < 1.29 is 24.4 Å². The fourth-order valence-corrected chi connectivity index (χ4v) is 3.36. The highest BCUT2D eigenvalue weighted by Crippen LogP contribution is 2.31. The van der Waals surface area contributed by atoms with Crippen LogP contribution in [0, 0.1) is 6.92 Å². The minimum Gasteiger partial charge on any atom is -0.383 e. The van der Waals surface area contributed by atoms with Gasteiger partial charge >= 0.3 is 0 Å². The molecular formula is C24H28N2O5. The highest BCUT2D eigenvalue weighted by atomic mass is 16.5. The van der Waals surface area contributed by atoms with Gasteiger partial charge in [-0.3, -0.25) is 10.0 Å². The van der Waals surface area contributed by atoms with Gasteiger partial charge in [0.15, 0.2) is 5.60 Å². The molecule has 2 atom stereocenters. The highest BCUT2D eigenvalue weighted by molar-refractivity contribution is 5.84. The first-order valence-electron chi connectivity index (χ1n) is 10.3. The van der Waals surface area contributed by atoms with E-state index in [4.69, 9.17) is 14.5 Å². The van der Waals surface area contributed by atoms with Crippen LogP contribution in [0.5, 0.6) is 0 Å². The summed E-state index contributed by atoms with van der Waals surface area (Å²) in [6.45, 7) is 5.27. The Bertz CT molecular complexity index is 998. The summed E-state index contributed by atoms with van der Waals surface area (Å²) in [4.78, 5) is 12.3. The Morgan fingerprint density at radius 3 is 2.19 bits per heavy atom. The number of carbonyl (C=O) groups excluding carboxylic acids is 1. The molecule has 2 unspecified atom stereocenters. The SMILES string of the molecule is CCCc1ccc(-c2ccc(COC(C)(C(=O)NO)C(O)c3cc(C)on3)cc2)cc1. The lowest BCUT2D eigenvalue weighted by Gasteiger charge is -2.31. The van der Waals surface area contributed by atoms with Gasteiger partial charge in [0.2, 0.25) is 0 Å². The van der Waals surface area contributed by atoms with Crippen molar-refractivity contribution in [2.24, 2.45) is 0 Å². The van der Waals surface area contributed by atoms with Gasteiger partial charge < -0.3 is 14.4 Å². The maximum Gasteiger partial charge on any atom is 0.278 e. The van der Waals surface area contributed by atoms with E-state index in [2.05, 4.69) is 36.3 Å². The van der Waals surface area contributed by atoms with E-state index in [0.717, 1.165) is 29.5 Å². The molecule has 3 rings (SSSR count). The summed E-state index contributed by atoms with van der Waals surface area (Å²) >= 11 is 0. The van der Waals surface area contributed by atoms with Gasteiger partial charge in [-0.15, -0.1) is 0 Å². The van der Waals surface area contributed by atoms with Crippen molar-refractivity contribution in [2.75, 3.05) is 0 Å². The van der Waals surface area contributed by atoms with Gasteiger partial charge in [0.25, 0.3) is 5.91 Å². The maximum absolute atomic E-state index is 12.3. The predicted molar refractivity (Wildman–Crippen MR) is 115 cm³/mol. The summed E-state index contributed by atoms with van der Waals surface area (Å²) in [5.41, 5.74) is 4.25. The Labute approximate surface area is 181 Å². The van der Waals surface area contributed by atoms with Crippen molar-refractivity contribution in [1.29, 1.82) is 0 Å². The van der Waals surface area contributed by atoms with E-state index in [-0.39, 0.29) is 12.3 Å². The topological polar surface area (TPSA) is 105 Å². The summed E-state index contributed by atoms with van der Waals surface area (Å²) in [5.74, 6) is -0.399. The first-order valence-corrected chi connectivity index (χ1v) is 10.3. The van der Waals surface area contributed by atoms with Crippen molar-refractivity contribution >= 4 is 5.91 Å². The molecule has 0 bridgehead atoms. The van der Waals surface area contributed by atoms with Gasteiger partial charge in [-0.05, 0) is 42.5 Å². The van der Waals surface area contributed by atoms with Crippen LogP contribution in [-0.4, -0.2) is 27.0 Å². The van der Waals surface area contributed by atoms with E-state index in [1.165, 1.54) is 18.6 Å². The second-order valence-corrected chi connectivity index (χ2v) is 7.75. The van der Waals surface area contributed by atoms with Crippen LogP contribution in [0.3, 0.4) is 0 Å². The Hall–Kier alpha value is -3.00. The number of nitrogens with one attached hydrogen (secondary N) is 1. The molecule has 0 spiro atoms. The number of hydrogen-bond donors (Lipinski definition) is 3. The van der Waals surface area contributed by atoms with Gasteiger partial charge in [0, 0.05) is 6.07 Å². The third-order valence-corrected chi connectivity index (χ3v) is 5.32. The molecule has 1 amide bonds. The number of benzene rings is 2. The standard InChI is InChI=1S/C24H28N2O5/c1-4-5-17-6-10-19(11-7-17)20-12-8-18(9-13-20)15-30-24(3,23(28)25-29)22(27)21-14-16(2)31-26-21/h6-14,22,27,29H,4-5,15H2,1-3H3,(H,25,28). The van der Waals surface area contributed by atoms with Crippen LogP contribution >= 0.6 is 0 Å². The minimum atomic E-state index is -1.77. The predicted octanol–water partition coefficient (Wildman–Crippen LogP) is 4.12. The second kappa shape index (κ2) is 9.87. The number of ether oxygens (including phenoxy) is 1. The van der Waals surface area contributed by atoms with Crippen molar-refractivity contribution in [3.05, 3.63) is 77.2 Å². The van der Waals surface area contributed by atoms with Crippen LogP contribution in [-0.2, 0) is 22.6 Å². The number of hydrogen-bond acceptors (Lipinski definition) is 6. The van der Waals surface area contributed by atoms with Gasteiger partial charge in [-0.25, -0.2) is 5.48 Å². The zero-order valence-electron chi connectivity index (χ0n) is 18.0. The fraction of sp³-hybridized carbons (Fsp3) is 0.333. The molecule has 0 radical (unpaired) electrons. The maximum atomic E-state index is 12.3. The summed E-state index contributed by atoms with van der Waals surface area (Å²) in [7, 11) is 0. The third kappa shape index (κ3) is 5.19. The van der Waals surface area contributed by atoms with E-state index >= 15 is 0 Å². The highest BCUT2D eigenvalue weighted by Gasteiger charge is 2.44. The molecule has 1 aromatic heterocycles. The minimum absolute atomic E-state index is 0.0491. The van der Waals surface area contributed by atoms with Crippen LogP contribution in [0.4, 0.5) is 0 Å². The summed E-state index contributed by atoms with van der Waals surface area (Å²) in [6, 6.07) is 17.8. The van der Waals surface area contributed by atoms with Crippen molar-refractivity contribution in [3.8, 4) is 11.1 Å². The third-order valence-electron chi connectivity index (χ3n) is 5.32. The normalized spacial score (nSPS) is 14.1. The Morgan fingerprint density at radius 1 is 1.13 bits per heavy atom. The zero-order valence-corrected chi connectivity index (χ0v) is 18.0. The lowest BCUT2D eigenvalue weighted by Crippen LogP contribution is -2.50. The lowest BCUT2D eigenvalue weighted by molar-refractivity contribution is -0.174. The second-order valence-electron chi connectivity index (χ2n) is 7.75. The number of amides is 1. The summed E-state index contributed by atoms with van der Waals surface area (Å²) in [5, 5.41) is 23.6. The van der Waals surface area contributed by atoms with Crippen molar-refractivity contribution in [2.45, 2.75) is 51.9 Å². The molecule has 31 heavy (non-hydrogen) atoms. The molecule has 1 heterocycles. The first kappa shape index (κ1) is 22.7. The summed E-state index contributed by atoms with van der Waals surface area (Å²) < 4.78 is 10.8. The number of aliphatic hydroxyl groups is 1. The fourth-order valence-electron chi connectivity index (χ4n) is 3.36. The number of aliphatic hydroxyl groups excluding tert-OH is 1. The van der Waals surface area contributed by atoms with Crippen LogP contribution < -0.4 is 5.48 Å². The molecule has 0 fully saturated rings. The van der Waals surface area contributed by atoms with Crippen molar-refractivity contribution in [1.82, 2.24) is 10.6 Å². The Morgan fingerprint density at radius 2 is 1.71 bits per heavy atom. The zero-order chi connectivity index (χ0) is 22.4. The van der Waals surface area contributed by atoms with E-state index in [0.29, 0.717) is 5.76 Å². The monoisotopic (exact) mass is 424 g/mol. The molecule has 2 aromatic carbocycles. The largest absolute Gasteiger partial charge is 0.383 e. The van der Waals surface area contributed by atoms with Crippen LogP contribution in [0.2, 0.25) is 0 Å². The van der Waals surface area contributed by atoms with E-state index in [1.54, 1.807) is 12.4 Å². The molecule has 0 saturated carbocycles. The van der Waals surface area contributed by atoms with Gasteiger partial charge in [-0.1, -0.05) is 67.0 Å². The number of aromatic nitrogens is 1. The Balaban J connectivity index is 1.72. The number of nitrogens with zero attached hydrogens (tertiary/aromatic N) is 1. The molecule has 3 aromatic rings. The molecule has 0 aliphatic rings. The summed E-state index contributed by atoms with van der Waals surface area (Å²) in [6.07, 6.45) is 0.751. The van der Waals surface area contributed by atoms with E-state index in [1.807, 2.05) is 24.3 Å². The molecule has 3 N–H and O–H groups in total. The number of rotatable bonds is 9. The number of carbonyl (C=O) groups is 1. The molecule has 0 aliphatic carbocycles.